The Bertz CT molecular complexity index is 296. The van der Waals surface area contributed by atoms with Crippen molar-refractivity contribution in [2.45, 2.75) is 51.5 Å². The van der Waals surface area contributed by atoms with E-state index in [-0.39, 0.29) is 5.54 Å². The number of hydrogen-bond donors (Lipinski definition) is 1. The van der Waals surface area contributed by atoms with Crippen LogP contribution in [0.4, 0.5) is 0 Å². The number of nitrogens with zero attached hydrogens (tertiary/aromatic N) is 2. The summed E-state index contributed by atoms with van der Waals surface area (Å²) < 4.78 is 0. The first kappa shape index (κ1) is 14.8. The molecule has 0 bridgehead atoms. The second-order valence-electron chi connectivity index (χ2n) is 6.56. The Morgan fingerprint density at radius 3 is 2.32 bits per heavy atom. The third kappa shape index (κ3) is 4.18. The lowest BCUT2D eigenvalue weighted by Gasteiger charge is -2.43. The molecule has 2 heterocycles. The molecule has 2 aliphatic rings. The van der Waals surface area contributed by atoms with Crippen molar-refractivity contribution in [1.82, 2.24) is 15.1 Å². The van der Waals surface area contributed by atoms with Crippen LogP contribution in [0, 0.1) is 0 Å². The molecule has 2 aliphatic heterocycles. The SMILES string of the molecule is CC1(C)CNCCN1CC(=O)N1CCCCCCC1. The van der Waals surface area contributed by atoms with Gasteiger partial charge in [-0.05, 0) is 26.7 Å². The van der Waals surface area contributed by atoms with Gasteiger partial charge in [0.05, 0.1) is 6.54 Å². The molecular weight excluding hydrogens is 238 g/mol. The number of nitrogens with one attached hydrogen (secondary N) is 1. The summed E-state index contributed by atoms with van der Waals surface area (Å²) in [6.45, 7) is 9.91. The molecule has 0 radical (unpaired) electrons. The van der Waals surface area contributed by atoms with Crippen molar-refractivity contribution in [3.63, 3.8) is 0 Å². The van der Waals surface area contributed by atoms with Gasteiger partial charge in [0.15, 0.2) is 0 Å². The lowest BCUT2D eigenvalue weighted by molar-refractivity contribution is -0.134. The van der Waals surface area contributed by atoms with Crippen molar-refractivity contribution in [1.29, 1.82) is 0 Å². The van der Waals surface area contributed by atoms with Crippen molar-refractivity contribution in [2.75, 3.05) is 39.3 Å². The summed E-state index contributed by atoms with van der Waals surface area (Å²) in [6.07, 6.45) is 6.26. The molecule has 0 aliphatic carbocycles. The van der Waals surface area contributed by atoms with Crippen molar-refractivity contribution in [2.24, 2.45) is 0 Å². The van der Waals surface area contributed by atoms with E-state index in [4.69, 9.17) is 0 Å². The standard InChI is InChI=1S/C15H29N3O/c1-15(2)13-16-8-11-18(15)12-14(19)17-9-6-4-3-5-7-10-17/h16H,3-13H2,1-2H3. The van der Waals surface area contributed by atoms with E-state index in [1.165, 1.54) is 32.1 Å². The van der Waals surface area contributed by atoms with Crippen molar-refractivity contribution in [3.8, 4) is 0 Å². The fraction of sp³-hybridized carbons (Fsp3) is 0.933. The predicted molar refractivity (Wildman–Crippen MR) is 78.2 cm³/mol. The summed E-state index contributed by atoms with van der Waals surface area (Å²) in [6, 6.07) is 0. The number of piperazine rings is 1. The summed E-state index contributed by atoms with van der Waals surface area (Å²) in [5.74, 6) is 0.330. The van der Waals surface area contributed by atoms with Crippen LogP contribution in [0.5, 0.6) is 0 Å². The van der Waals surface area contributed by atoms with Gasteiger partial charge < -0.3 is 10.2 Å². The van der Waals surface area contributed by atoms with E-state index in [1.807, 2.05) is 0 Å². The molecule has 0 aromatic heterocycles. The predicted octanol–water partition coefficient (Wildman–Crippen LogP) is 1.46. The van der Waals surface area contributed by atoms with Gasteiger partial charge in [-0.25, -0.2) is 0 Å². The molecule has 4 heteroatoms. The van der Waals surface area contributed by atoms with Gasteiger partial charge in [0, 0.05) is 38.3 Å². The molecule has 0 saturated carbocycles. The van der Waals surface area contributed by atoms with E-state index in [0.717, 1.165) is 32.7 Å². The van der Waals surface area contributed by atoms with Crippen LogP contribution in [0.1, 0.15) is 46.0 Å². The molecule has 110 valence electrons. The van der Waals surface area contributed by atoms with Gasteiger partial charge in [-0.1, -0.05) is 19.3 Å². The second kappa shape index (κ2) is 6.71. The minimum absolute atomic E-state index is 0.0939. The van der Waals surface area contributed by atoms with E-state index in [0.29, 0.717) is 12.5 Å². The van der Waals surface area contributed by atoms with Crippen molar-refractivity contribution >= 4 is 5.91 Å². The minimum atomic E-state index is 0.0939. The molecule has 0 aromatic rings. The fourth-order valence-corrected chi connectivity index (χ4v) is 3.08. The van der Waals surface area contributed by atoms with Crippen LogP contribution in [-0.2, 0) is 4.79 Å². The number of likely N-dealkylation sites (tertiary alicyclic amines) is 1. The highest BCUT2D eigenvalue weighted by molar-refractivity contribution is 5.78. The van der Waals surface area contributed by atoms with Gasteiger partial charge in [-0.2, -0.15) is 0 Å². The van der Waals surface area contributed by atoms with Crippen molar-refractivity contribution in [3.05, 3.63) is 0 Å². The first-order valence-corrected chi connectivity index (χ1v) is 7.83. The maximum Gasteiger partial charge on any atom is 0.236 e. The molecule has 1 amide bonds. The average molecular weight is 267 g/mol. The number of carbonyl (C=O) groups excluding carboxylic acids is 1. The molecule has 0 unspecified atom stereocenters. The minimum Gasteiger partial charge on any atom is -0.342 e. The second-order valence-corrected chi connectivity index (χ2v) is 6.56. The van der Waals surface area contributed by atoms with Gasteiger partial charge in [0.1, 0.15) is 0 Å². The van der Waals surface area contributed by atoms with Gasteiger partial charge in [0.25, 0.3) is 0 Å². The average Bonchev–Trinajstić information content (AvgIpc) is 2.31. The molecule has 0 atom stereocenters. The van der Waals surface area contributed by atoms with Gasteiger partial charge in [-0.15, -0.1) is 0 Å². The van der Waals surface area contributed by atoms with Crippen LogP contribution < -0.4 is 5.32 Å². The Kier molecular flexibility index (Phi) is 5.22. The lowest BCUT2D eigenvalue weighted by atomic mass is 10.00. The molecule has 0 spiro atoms. The molecule has 1 N–H and O–H groups in total. The van der Waals surface area contributed by atoms with E-state index in [9.17, 15) is 4.79 Å². The summed E-state index contributed by atoms with van der Waals surface area (Å²) in [4.78, 5) is 16.9. The first-order valence-electron chi connectivity index (χ1n) is 7.83. The Hall–Kier alpha value is -0.610. The molecule has 4 nitrogen and oxygen atoms in total. The number of hydrogen-bond acceptors (Lipinski definition) is 3. The molecule has 0 aromatic carbocycles. The van der Waals surface area contributed by atoms with Crippen LogP contribution in [0.15, 0.2) is 0 Å². The highest BCUT2D eigenvalue weighted by Crippen LogP contribution is 2.17. The van der Waals surface area contributed by atoms with E-state index in [1.54, 1.807) is 0 Å². The fourth-order valence-electron chi connectivity index (χ4n) is 3.08. The zero-order valence-corrected chi connectivity index (χ0v) is 12.6. The maximum absolute atomic E-state index is 12.5. The normalized spacial score (nSPS) is 25.7. The molecule has 2 rings (SSSR count). The monoisotopic (exact) mass is 267 g/mol. The van der Waals surface area contributed by atoms with E-state index < -0.39 is 0 Å². The van der Waals surface area contributed by atoms with E-state index in [2.05, 4.69) is 29.0 Å². The highest BCUT2D eigenvalue weighted by atomic mass is 16.2. The molecular formula is C15H29N3O. The zero-order chi connectivity index (χ0) is 13.7. The van der Waals surface area contributed by atoms with Gasteiger partial charge in [0.2, 0.25) is 5.91 Å². The third-order valence-electron chi connectivity index (χ3n) is 4.51. The topological polar surface area (TPSA) is 35.6 Å². The van der Waals surface area contributed by atoms with Crippen molar-refractivity contribution < 1.29 is 4.79 Å². The summed E-state index contributed by atoms with van der Waals surface area (Å²) in [5.41, 5.74) is 0.0939. The van der Waals surface area contributed by atoms with Gasteiger partial charge in [-0.3, -0.25) is 9.69 Å². The largest absolute Gasteiger partial charge is 0.342 e. The summed E-state index contributed by atoms with van der Waals surface area (Å²) in [5, 5.41) is 3.41. The van der Waals surface area contributed by atoms with E-state index >= 15 is 0 Å². The Balaban J connectivity index is 1.87. The first-order chi connectivity index (χ1) is 9.09. The number of rotatable bonds is 2. The van der Waals surface area contributed by atoms with Crippen LogP contribution in [0.25, 0.3) is 0 Å². The number of amides is 1. The molecule has 19 heavy (non-hydrogen) atoms. The Morgan fingerprint density at radius 2 is 1.68 bits per heavy atom. The number of carbonyl (C=O) groups is 1. The zero-order valence-electron chi connectivity index (χ0n) is 12.6. The summed E-state index contributed by atoms with van der Waals surface area (Å²) in [7, 11) is 0. The maximum atomic E-state index is 12.5. The van der Waals surface area contributed by atoms with Crippen LogP contribution >= 0.6 is 0 Å². The van der Waals surface area contributed by atoms with Crippen LogP contribution in [0.2, 0.25) is 0 Å². The van der Waals surface area contributed by atoms with Crippen LogP contribution in [-0.4, -0.2) is 60.5 Å². The molecule has 2 saturated heterocycles. The quantitative estimate of drug-likeness (QED) is 0.823. The highest BCUT2D eigenvalue weighted by Gasteiger charge is 2.31. The van der Waals surface area contributed by atoms with Crippen LogP contribution in [0.3, 0.4) is 0 Å². The Morgan fingerprint density at radius 1 is 1.05 bits per heavy atom. The third-order valence-corrected chi connectivity index (χ3v) is 4.51. The smallest absolute Gasteiger partial charge is 0.236 e. The van der Waals surface area contributed by atoms with Gasteiger partial charge >= 0.3 is 0 Å². The summed E-state index contributed by atoms with van der Waals surface area (Å²) >= 11 is 0. The Labute approximate surface area is 117 Å². The molecule has 2 fully saturated rings. The lowest BCUT2D eigenvalue weighted by Crippen LogP contribution is -2.60.